The van der Waals surface area contributed by atoms with E-state index < -0.39 is 0 Å². The Kier molecular flexibility index (Phi) is 5.17. The first kappa shape index (κ1) is 20.9. The van der Waals surface area contributed by atoms with Crippen molar-refractivity contribution in [3.63, 3.8) is 0 Å². The van der Waals surface area contributed by atoms with Crippen LogP contribution in [-0.4, -0.2) is 16.8 Å². The van der Waals surface area contributed by atoms with Gasteiger partial charge in [0, 0.05) is 22.9 Å². The number of carbonyl (C=O) groups excluding carboxylic acids is 2. The maximum Gasteiger partial charge on any atom is 0.275 e. The van der Waals surface area contributed by atoms with Crippen LogP contribution < -0.4 is 4.90 Å². The highest BCUT2D eigenvalue weighted by Gasteiger charge is 2.36. The quantitative estimate of drug-likeness (QED) is 0.341. The van der Waals surface area contributed by atoms with Crippen molar-refractivity contribution in [2.24, 2.45) is 0 Å². The number of anilines is 1. The van der Waals surface area contributed by atoms with Gasteiger partial charge in [0.2, 0.25) is 0 Å². The second-order valence-corrected chi connectivity index (χ2v) is 8.46. The normalized spacial score (nSPS) is 13.0. The molecular formula is C28H23FN2O2. The molecule has 164 valence electrons. The molecule has 4 aromatic rings. The third-order valence-corrected chi connectivity index (χ3v) is 6.14. The number of hydrogen-bond donors (Lipinski definition) is 0. The van der Waals surface area contributed by atoms with Gasteiger partial charge in [-0.3, -0.25) is 9.59 Å². The molecule has 5 rings (SSSR count). The van der Waals surface area contributed by atoms with Gasteiger partial charge in [-0.15, -0.1) is 0 Å². The number of nitrogens with zero attached hydrogens (tertiary/aromatic N) is 2. The van der Waals surface area contributed by atoms with Crippen LogP contribution in [0.15, 0.2) is 78.9 Å². The van der Waals surface area contributed by atoms with Gasteiger partial charge >= 0.3 is 0 Å². The number of aldehydes is 1. The zero-order valence-corrected chi connectivity index (χ0v) is 18.5. The number of carbonyl (C=O) groups is 2. The first-order chi connectivity index (χ1) is 16.0. The first-order valence-electron chi connectivity index (χ1n) is 11.0. The topological polar surface area (TPSA) is 42.3 Å². The Balaban J connectivity index is 1.90. The molecule has 0 spiro atoms. The van der Waals surface area contributed by atoms with Gasteiger partial charge in [0.15, 0.2) is 6.29 Å². The zero-order valence-electron chi connectivity index (χ0n) is 18.5. The van der Waals surface area contributed by atoms with Gasteiger partial charge in [-0.2, -0.15) is 0 Å². The van der Waals surface area contributed by atoms with Crippen LogP contribution >= 0.6 is 0 Å². The number of fused-ring (bicyclic) bond motifs is 3. The van der Waals surface area contributed by atoms with Crippen LogP contribution in [0.5, 0.6) is 0 Å². The molecule has 5 heteroatoms. The number of amides is 1. The highest BCUT2D eigenvalue weighted by Crippen LogP contribution is 2.45. The molecule has 4 nitrogen and oxygen atoms in total. The summed E-state index contributed by atoms with van der Waals surface area (Å²) in [4.78, 5) is 28.3. The van der Waals surface area contributed by atoms with Gasteiger partial charge in [0.25, 0.3) is 5.91 Å². The maximum atomic E-state index is 14.1. The molecule has 0 saturated carbocycles. The molecule has 0 atom stereocenters. The number of para-hydroxylation sites is 1. The van der Waals surface area contributed by atoms with Gasteiger partial charge in [-0.05, 0) is 54.8 Å². The average Bonchev–Trinajstić information content (AvgIpc) is 3.12. The Morgan fingerprint density at radius 1 is 0.879 bits per heavy atom. The molecule has 0 aliphatic carbocycles. The van der Waals surface area contributed by atoms with Crippen LogP contribution in [0.2, 0.25) is 0 Å². The van der Waals surface area contributed by atoms with Gasteiger partial charge in [0.05, 0.1) is 12.2 Å². The summed E-state index contributed by atoms with van der Waals surface area (Å²) in [6.45, 7) is 4.32. The Bertz CT molecular complexity index is 1350. The molecule has 0 bridgehead atoms. The van der Waals surface area contributed by atoms with E-state index in [1.165, 1.54) is 12.1 Å². The molecule has 2 heterocycles. The van der Waals surface area contributed by atoms with Crippen molar-refractivity contribution < 1.29 is 14.0 Å². The van der Waals surface area contributed by atoms with E-state index >= 15 is 0 Å². The number of halogens is 1. The van der Waals surface area contributed by atoms with Crippen molar-refractivity contribution in [2.75, 3.05) is 4.90 Å². The van der Waals surface area contributed by atoms with Gasteiger partial charge in [-0.25, -0.2) is 4.39 Å². The van der Waals surface area contributed by atoms with Crippen LogP contribution in [0, 0.1) is 5.82 Å². The fourth-order valence-electron chi connectivity index (χ4n) is 4.73. The standard InChI is InChI=1S/C28H23FN2O2/c1-18(2)31-24(17-32)25(19-12-14-21(29)15-13-19)26-23-11-7-6-8-20(23)16-30(28(33)27(26)31)22-9-4-3-5-10-22/h3-15,17-18H,16H2,1-2H3. The molecular weight excluding hydrogens is 415 g/mol. The van der Waals surface area contributed by atoms with Crippen molar-refractivity contribution in [2.45, 2.75) is 26.4 Å². The predicted octanol–water partition coefficient (Wildman–Crippen LogP) is 6.52. The fraction of sp³-hybridized carbons (Fsp3) is 0.143. The van der Waals surface area contributed by atoms with Crippen LogP contribution in [0.1, 0.15) is 46.4 Å². The van der Waals surface area contributed by atoms with Crippen LogP contribution in [-0.2, 0) is 6.54 Å². The summed E-state index contributed by atoms with van der Waals surface area (Å²) in [7, 11) is 0. The predicted molar refractivity (Wildman–Crippen MR) is 128 cm³/mol. The number of aromatic nitrogens is 1. The maximum absolute atomic E-state index is 14.1. The van der Waals surface area contributed by atoms with E-state index in [4.69, 9.17) is 0 Å². The van der Waals surface area contributed by atoms with Crippen LogP contribution in [0.4, 0.5) is 10.1 Å². The second kappa shape index (κ2) is 8.17. The van der Waals surface area contributed by atoms with Crippen LogP contribution in [0.25, 0.3) is 22.3 Å². The van der Waals surface area contributed by atoms with Crippen molar-refractivity contribution >= 4 is 17.9 Å². The number of hydrogen-bond acceptors (Lipinski definition) is 2. The molecule has 0 unspecified atom stereocenters. The van der Waals surface area contributed by atoms with Gasteiger partial charge in [0.1, 0.15) is 11.5 Å². The zero-order chi connectivity index (χ0) is 23.1. The third-order valence-electron chi connectivity index (χ3n) is 6.14. The summed E-state index contributed by atoms with van der Waals surface area (Å²) < 4.78 is 15.5. The largest absolute Gasteiger partial charge is 0.331 e. The summed E-state index contributed by atoms with van der Waals surface area (Å²) in [5, 5.41) is 0. The monoisotopic (exact) mass is 438 g/mol. The molecule has 33 heavy (non-hydrogen) atoms. The Morgan fingerprint density at radius 3 is 2.21 bits per heavy atom. The lowest BCUT2D eigenvalue weighted by atomic mass is 9.92. The van der Waals surface area contributed by atoms with E-state index in [2.05, 4.69) is 0 Å². The van der Waals surface area contributed by atoms with Crippen molar-refractivity contribution in [1.82, 2.24) is 4.57 Å². The first-order valence-corrected chi connectivity index (χ1v) is 11.0. The lowest BCUT2D eigenvalue weighted by Gasteiger charge is -2.23. The summed E-state index contributed by atoms with van der Waals surface area (Å²) >= 11 is 0. The Hall–Kier alpha value is -3.99. The minimum absolute atomic E-state index is 0.139. The molecule has 0 radical (unpaired) electrons. The van der Waals surface area contributed by atoms with Gasteiger partial charge in [-0.1, -0.05) is 54.6 Å². The number of benzene rings is 3. The van der Waals surface area contributed by atoms with E-state index in [1.54, 1.807) is 17.0 Å². The molecule has 1 amide bonds. The lowest BCUT2D eigenvalue weighted by molar-refractivity contribution is 0.0976. The van der Waals surface area contributed by atoms with Crippen molar-refractivity contribution in [3.05, 3.63) is 102 Å². The summed E-state index contributed by atoms with van der Waals surface area (Å²) in [5.74, 6) is -0.523. The summed E-state index contributed by atoms with van der Waals surface area (Å²) in [6.07, 6.45) is 0.802. The SMILES string of the molecule is CC(C)n1c(C=O)c(-c2ccc(F)cc2)c2c1C(=O)N(c1ccccc1)Cc1ccccc1-2. The highest BCUT2D eigenvalue weighted by molar-refractivity contribution is 6.15. The third kappa shape index (κ3) is 3.37. The van der Waals surface area contributed by atoms with Crippen molar-refractivity contribution in [1.29, 1.82) is 0 Å². The van der Waals surface area contributed by atoms with E-state index in [9.17, 15) is 14.0 Å². The lowest BCUT2D eigenvalue weighted by Crippen LogP contribution is -2.31. The van der Waals surface area contributed by atoms with E-state index in [-0.39, 0.29) is 17.8 Å². The molecule has 0 saturated heterocycles. The molecule has 1 aliphatic rings. The molecule has 3 aromatic carbocycles. The Labute approximate surface area is 191 Å². The average molecular weight is 439 g/mol. The number of rotatable bonds is 4. The Morgan fingerprint density at radius 2 is 1.55 bits per heavy atom. The minimum Gasteiger partial charge on any atom is -0.331 e. The minimum atomic E-state index is -0.354. The van der Waals surface area contributed by atoms with E-state index in [1.807, 2.05) is 73.0 Å². The van der Waals surface area contributed by atoms with Gasteiger partial charge < -0.3 is 9.47 Å². The van der Waals surface area contributed by atoms with E-state index in [0.29, 0.717) is 29.1 Å². The second-order valence-electron chi connectivity index (χ2n) is 8.46. The van der Waals surface area contributed by atoms with Crippen molar-refractivity contribution in [3.8, 4) is 22.3 Å². The summed E-state index contributed by atoms with van der Waals surface area (Å²) in [6, 6.07) is 23.4. The van der Waals surface area contributed by atoms with E-state index in [0.717, 1.165) is 28.7 Å². The molecule has 1 aliphatic heterocycles. The summed E-state index contributed by atoms with van der Waals surface area (Å²) in [5.41, 5.74) is 5.64. The highest BCUT2D eigenvalue weighted by atomic mass is 19.1. The molecule has 0 fully saturated rings. The smallest absolute Gasteiger partial charge is 0.275 e. The fourth-order valence-corrected chi connectivity index (χ4v) is 4.73. The molecule has 0 N–H and O–H groups in total. The van der Waals surface area contributed by atoms with Crippen LogP contribution in [0.3, 0.4) is 0 Å². The molecule has 1 aromatic heterocycles.